The van der Waals surface area contributed by atoms with Gasteiger partial charge in [-0.2, -0.15) is 0 Å². The van der Waals surface area contributed by atoms with Crippen molar-refractivity contribution in [3.8, 4) is 0 Å². The first-order valence-electron chi connectivity index (χ1n) is 11.7. The third-order valence-electron chi connectivity index (χ3n) is 7.75. The molecule has 1 heterocycles. The molecule has 1 aliphatic heterocycles. The second kappa shape index (κ2) is 10.0. The Kier molecular flexibility index (Phi) is 7.11. The Balaban J connectivity index is 1.60. The lowest BCUT2D eigenvalue weighted by Crippen LogP contribution is -2.56. The van der Waals surface area contributed by atoms with E-state index < -0.39 is 11.5 Å². The second-order valence-corrected chi connectivity index (χ2v) is 9.38. The van der Waals surface area contributed by atoms with Crippen LogP contribution in [0.1, 0.15) is 43.2 Å². The van der Waals surface area contributed by atoms with Crippen molar-refractivity contribution < 1.29 is 14.3 Å². The minimum absolute atomic E-state index is 0.0658. The van der Waals surface area contributed by atoms with Crippen molar-refractivity contribution >= 4 is 6.09 Å². The molecule has 2 aromatic rings. The van der Waals surface area contributed by atoms with Crippen LogP contribution < -0.4 is 11.1 Å². The van der Waals surface area contributed by atoms with E-state index in [-0.39, 0.29) is 23.7 Å². The highest BCUT2D eigenvalue weighted by Gasteiger charge is 2.51. The third kappa shape index (κ3) is 4.66. The van der Waals surface area contributed by atoms with Crippen molar-refractivity contribution in [2.75, 3.05) is 19.6 Å². The molecule has 172 valence electrons. The number of rotatable bonds is 7. The standard InChI is InChI=1S/C26H34FN3O2/c27-22-9-4-8-21(16-22)26(18-28,23-10-5-11-24(23)29-25(31)32)20-12-14-30(15-13-20)17-19-6-2-1-3-7-19/h1-4,6-9,16,20,23-24,29H,5,10-15,17-18,28H2,(H,31,32)/t23-,24-,26-/m0/s1. The minimum Gasteiger partial charge on any atom is -0.465 e. The molecule has 0 radical (unpaired) electrons. The minimum atomic E-state index is -0.996. The quantitative estimate of drug-likeness (QED) is 0.599. The molecule has 2 aliphatic rings. The van der Waals surface area contributed by atoms with E-state index in [1.54, 1.807) is 12.1 Å². The number of amides is 1. The predicted octanol–water partition coefficient (Wildman–Crippen LogP) is 4.37. The Morgan fingerprint density at radius 3 is 2.50 bits per heavy atom. The number of hydrogen-bond acceptors (Lipinski definition) is 3. The van der Waals surface area contributed by atoms with Crippen molar-refractivity contribution in [3.05, 3.63) is 71.5 Å². The normalized spacial score (nSPS) is 24.2. The van der Waals surface area contributed by atoms with Gasteiger partial charge in [-0.3, -0.25) is 4.90 Å². The summed E-state index contributed by atoms with van der Waals surface area (Å²) < 4.78 is 14.3. The van der Waals surface area contributed by atoms with Crippen LogP contribution in [0.3, 0.4) is 0 Å². The second-order valence-electron chi connectivity index (χ2n) is 9.38. The Hall–Kier alpha value is -2.44. The van der Waals surface area contributed by atoms with Gasteiger partial charge in [0.05, 0.1) is 0 Å². The molecule has 6 heteroatoms. The van der Waals surface area contributed by atoms with E-state index in [1.807, 2.05) is 12.1 Å². The zero-order valence-electron chi connectivity index (χ0n) is 18.6. The van der Waals surface area contributed by atoms with E-state index >= 15 is 0 Å². The molecule has 2 fully saturated rings. The molecule has 4 rings (SSSR count). The number of carboxylic acid groups (broad SMARTS) is 1. The van der Waals surface area contributed by atoms with Crippen LogP contribution in [-0.4, -0.2) is 41.8 Å². The van der Waals surface area contributed by atoms with Crippen molar-refractivity contribution in [2.45, 2.75) is 50.1 Å². The summed E-state index contributed by atoms with van der Waals surface area (Å²) >= 11 is 0. The topological polar surface area (TPSA) is 78.6 Å². The van der Waals surface area contributed by atoms with E-state index in [4.69, 9.17) is 5.73 Å². The van der Waals surface area contributed by atoms with Crippen LogP contribution in [0.2, 0.25) is 0 Å². The number of nitrogens with one attached hydrogen (secondary N) is 1. The van der Waals surface area contributed by atoms with Gasteiger partial charge in [-0.05, 0) is 73.9 Å². The molecule has 1 saturated carbocycles. The number of carbonyl (C=O) groups is 1. The third-order valence-corrected chi connectivity index (χ3v) is 7.75. The van der Waals surface area contributed by atoms with E-state index in [1.165, 1.54) is 11.6 Å². The fraction of sp³-hybridized carbons (Fsp3) is 0.500. The van der Waals surface area contributed by atoms with Gasteiger partial charge >= 0.3 is 6.09 Å². The average Bonchev–Trinajstić information content (AvgIpc) is 3.24. The Morgan fingerprint density at radius 2 is 1.84 bits per heavy atom. The number of nitrogens with zero attached hydrogens (tertiary/aromatic N) is 1. The molecule has 0 spiro atoms. The number of nitrogens with two attached hydrogens (primary N) is 1. The highest BCUT2D eigenvalue weighted by Crippen LogP contribution is 2.50. The molecule has 4 N–H and O–H groups in total. The zero-order chi connectivity index (χ0) is 22.6. The molecule has 1 amide bonds. The van der Waals surface area contributed by atoms with Gasteiger partial charge in [0.1, 0.15) is 5.82 Å². The molecule has 3 atom stereocenters. The summed E-state index contributed by atoms with van der Waals surface area (Å²) in [6.45, 7) is 3.23. The largest absolute Gasteiger partial charge is 0.465 e. The van der Waals surface area contributed by atoms with Crippen LogP contribution in [0, 0.1) is 17.7 Å². The number of likely N-dealkylation sites (tertiary alicyclic amines) is 1. The average molecular weight is 440 g/mol. The Bertz CT molecular complexity index is 901. The van der Waals surface area contributed by atoms with Crippen molar-refractivity contribution in [3.63, 3.8) is 0 Å². The van der Waals surface area contributed by atoms with Crippen molar-refractivity contribution in [1.29, 1.82) is 0 Å². The molecule has 0 bridgehead atoms. The monoisotopic (exact) mass is 439 g/mol. The first kappa shape index (κ1) is 22.7. The molecular formula is C26H34FN3O2. The lowest BCUT2D eigenvalue weighted by atomic mass is 9.58. The number of halogens is 1. The number of hydrogen-bond donors (Lipinski definition) is 3. The lowest BCUT2D eigenvalue weighted by Gasteiger charge is -2.50. The fourth-order valence-electron chi connectivity index (χ4n) is 6.32. The molecular weight excluding hydrogens is 405 g/mol. The highest BCUT2D eigenvalue weighted by molar-refractivity contribution is 5.65. The molecule has 32 heavy (non-hydrogen) atoms. The van der Waals surface area contributed by atoms with E-state index in [9.17, 15) is 14.3 Å². The summed E-state index contributed by atoms with van der Waals surface area (Å²) in [5.74, 6) is 0.0844. The maximum Gasteiger partial charge on any atom is 0.404 e. The van der Waals surface area contributed by atoms with Gasteiger partial charge in [0.2, 0.25) is 0 Å². The number of piperidine rings is 1. The summed E-state index contributed by atoms with van der Waals surface area (Å²) in [4.78, 5) is 14.0. The summed E-state index contributed by atoms with van der Waals surface area (Å²) in [5, 5.41) is 12.2. The number of benzene rings is 2. The van der Waals surface area contributed by atoms with Gasteiger partial charge in [0.25, 0.3) is 0 Å². The molecule has 1 saturated heterocycles. The maximum atomic E-state index is 14.3. The maximum absolute atomic E-state index is 14.3. The fourth-order valence-corrected chi connectivity index (χ4v) is 6.32. The first-order valence-corrected chi connectivity index (χ1v) is 11.7. The van der Waals surface area contributed by atoms with Crippen molar-refractivity contribution in [1.82, 2.24) is 10.2 Å². The van der Waals surface area contributed by atoms with Crippen LogP contribution in [0.25, 0.3) is 0 Å². The summed E-state index contributed by atoms with van der Waals surface area (Å²) in [6.07, 6.45) is 3.61. The summed E-state index contributed by atoms with van der Waals surface area (Å²) in [5.41, 5.74) is 8.33. The van der Waals surface area contributed by atoms with Crippen LogP contribution in [0.5, 0.6) is 0 Å². The zero-order valence-corrected chi connectivity index (χ0v) is 18.6. The lowest BCUT2D eigenvalue weighted by molar-refractivity contribution is 0.0773. The SMILES string of the molecule is NC[C@@](c1cccc(F)c1)(C1CCN(Cc2ccccc2)CC1)[C@H]1CCC[C@@H]1NC(=O)O. The highest BCUT2D eigenvalue weighted by atomic mass is 19.1. The molecule has 0 aromatic heterocycles. The van der Waals surface area contributed by atoms with Crippen LogP contribution >= 0.6 is 0 Å². The van der Waals surface area contributed by atoms with Gasteiger partial charge in [-0.25, -0.2) is 9.18 Å². The van der Waals surface area contributed by atoms with Crippen LogP contribution in [0.4, 0.5) is 9.18 Å². The summed E-state index contributed by atoms with van der Waals surface area (Å²) in [6, 6.07) is 17.2. The van der Waals surface area contributed by atoms with E-state index in [0.29, 0.717) is 6.54 Å². The van der Waals surface area contributed by atoms with E-state index in [0.717, 1.165) is 57.3 Å². The van der Waals surface area contributed by atoms with Gasteiger partial charge in [0.15, 0.2) is 0 Å². The van der Waals surface area contributed by atoms with Gasteiger partial charge in [0, 0.05) is 24.5 Å². The Morgan fingerprint density at radius 1 is 1.09 bits per heavy atom. The van der Waals surface area contributed by atoms with Crippen molar-refractivity contribution in [2.24, 2.45) is 17.6 Å². The van der Waals surface area contributed by atoms with Gasteiger partial charge < -0.3 is 16.2 Å². The molecule has 1 aliphatic carbocycles. The van der Waals surface area contributed by atoms with Crippen LogP contribution in [0.15, 0.2) is 54.6 Å². The first-order chi connectivity index (χ1) is 15.5. The summed E-state index contributed by atoms with van der Waals surface area (Å²) in [7, 11) is 0. The van der Waals surface area contributed by atoms with Gasteiger partial charge in [-0.15, -0.1) is 0 Å². The smallest absolute Gasteiger partial charge is 0.404 e. The predicted molar refractivity (Wildman–Crippen MR) is 124 cm³/mol. The Labute approximate surface area is 189 Å². The molecule has 2 aromatic carbocycles. The van der Waals surface area contributed by atoms with E-state index in [2.05, 4.69) is 34.5 Å². The van der Waals surface area contributed by atoms with Crippen LogP contribution in [-0.2, 0) is 12.0 Å². The van der Waals surface area contributed by atoms with Gasteiger partial charge in [-0.1, -0.05) is 48.9 Å². The molecule has 0 unspecified atom stereocenters. The molecule has 5 nitrogen and oxygen atoms in total.